The zero-order valence-electron chi connectivity index (χ0n) is 10.9. The lowest BCUT2D eigenvalue weighted by molar-refractivity contribution is -0.114. The predicted octanol–water partition coefficient (Wildman–Crippen LogP) is 2.26. The van der Waals surface area contributed by atoms with Crippen LogP contribution >= 0.6 is 11.6 Å². The fraction of sp³-hybridized carbons (Fsp3) is 0.429. The summed E-state index contributed by atoms with van der Waals surface area (Å²) < 4.78 is 0. The van der Waals surface area contributed by atoms with E-state index in [1.807, 2.05) is 0 Å². The number of nitrogens with one attached hydrogen (secondary N) is 1. The summed E-state index contributed by atoms with van der Waals surface area (Å²) in [7, 11) is 0. The van der Waals surface area contributed by atoms with Crippen molar-refractivity contribution in [2.45, 2.75) is 19.8 Å². The van der Waals surface area contributed by atoms with Crippen molar-refractivity contribution in [1.29, 1.82) is 0 Å². The highest BCUT2D eigenvalue weighted by Gasteiger charge is 2.35. The number of benzene rings is 1. The summed E-state index contributed by atoms with van der Waals surface area (Å²) in [5.74, 6) is -0.910. The number of anilines is 1. The van der Waals surface area contributed by atoms with E-state index in [9.17, 15) is 9.59 Å². The van der Waals surface area contributed by atoms with E-state index in [0.717, 1.165) is 25.9 Å². The molecule has 0 fully saturated rings. The Morgan fingerprint density at radius 3 is 2.79 bits per heavy atom. The Balaban J connectivity index is 2.02. The van der Waals surface area contributed by atoms with Crippen molar-refractivity contribution in [3.8, 4) is 0 Å². The second-order valence-corrected chi connectivity index (χ2v) is 4.99. The molecule has 1 aromatic rings. The van der Waals surface area contributed by atoms with Gasteiger partial charge in [-0.2, -0.15) is 0 Å². The summed E-state index contributed by atoms with van der Waals surface area (Å²) in [6.45, 7) is 4.47. The molecule has 0 aliphatic carbocycles. The Bertz CT molecular complexity index is 502. The molecule has 1 aliphatic heterocycles. The standard InChI is InChI=1S/C14H17ClN2O2/c1-2-6-16-7-3-8-17-12-5-4-10(15)9-11(12)13(18)14(17)19/h4-5,9,16H,2-3,6-8H2,1H3. The van der Waals surface area contributed by atoms with Gasteiger partial charge in [-0.05, 0) is 44.1 Å². The molecule has 4 nitrogen and oxygen atoms in total. The number of hydrogen-bond acceptors (Lipinski definition) is 3. The Labute approximate surface area is 117 Å². The van der Waals surface area contributed by atoms with Gasteiger partial charge in [0.2, 0.25) is 0 Å². The van der Waals surface area contributed by atoms with Gasteiger partial charge >= 0.3 is 0 Å². The van der Waals surface area contributed by atoms with Crippen molar-refractivity contribution in [3.63, 3.8) is 0 Å². The van der Waals surface area contributed by atoms with E-state index >= 15 is 0 Å². The van der Waals surface area contributed by atoms with Gasteiger partial charge < -0.3 is 10.2 Å². The Kier molecular flexibility index (Phi) is 4.56. The summed E-state index contributed by atoms with van der Waals surface area (Å²) in [5.41, 5.74) is 1.09. The minimum atomic E-state index is -0.459. The van der Waals surface area contributed by atoms with Crippen molar-refractivity contribution < 1.29 is 9.59 Å². The Hall–Kier alpha value is -1.39. The van der Waals surface area contributed by atoms with Gasteiger partial charge in [-0.1, -0.05) is 18.5 Å². The normalized spacial score (nSPS) is 14.1. The summed E-state index contributed by atoms with van der Waals surface area (Å²) in [6, 6.07) is 5.00. The molecule has 1 aliphatic rings. The first-order valence-electron chi connectivity index (χ1n) is 6.51. The van der Waals surface area contributed by atoms with Gasteiger partial charge in [0.05, 0.1) is 11.3 Å². The largest absolute Gasteiger partial charge is 0.317 e. The fourth-order valence-electron chi connectivity index (χ4n) is 2.16. The van der Waals surface area contributed by atoms with Crippen LogP contribution in [-0.2, 0) is 4.79 Å². The minimum Gasteiger partial charge on any atom is -0.317 e. The van der Waals surface area contributed by atoms with Gasteiger partial charge in [0, 0.05) is 11.6 Å². The van der Waals surface area contributed by atoms with Crippen LogP contribution in [0.25, 0.3) is 0 Å². The molecule has 0 spiro atoms. The molecular formula is C14H17ClN2O2. The molecule has 1 amide bonds. The first-order valence-corrected chi connectivity index (χ1v) is 6.89. The molecule has 0 radical (unpaired) electrons. The van der Waals surface area contributed by atoms with Crippen molar-refractivity contribution in [2.75, 3.05) is 24.5 Å². The molecule has 0 saturated carbocycles. The van der Waals surface area contributed by atoms with Gasteiger partial charge in [-0.15, -0.1) is 0 Å². The van der Waals surface area contributed by atoms with Crippen LogP contribution in [0.1, 0.15) is 30.1 Å². The number of amides is 1. The molecule has 0 atom stereocenters. The zero-order chi connectivity index (χ0) is 13.8. The quantitative estimate of drug-likeness (QED) is 0.642. The maximum atomic E-state index is 11.9. The summed E-state index contributed by atoms with van der Waals surface area (Å²) in [5, 5.41) is 3.75. The number of Topliss-reactive ketones (excluding diaryl/α,β-unsaturated/α-hetero) is 1. The molecule has 0 aromatic heterocycles. The van der Waals surface area contributed by atoms with E-state index in [-0.39, 0.29) is 0 Å². The predicted molar refractivity (Wildman–Crippen MR) is 75.9 cm³/mol. The molecule has 102 valence electrons. The topological polar surface area (TPSA) is 49.4 Å². The number of carbonyl (C=O) groups is 2. The van der Waals surface area contributed by atoms with Crippen LogP contribution < -0.4 is 10.2 Å². The monoisotopic (exact) mass is 280 g/mol. The lowest BCUT2D eigenvalue weighted by atomic mass is 10.1. The lowest BCUT2D eigenvalue weighted by Gasteiger charge is -2.16. The van der Waals surface area contributed by atoms with E-state index < -0.39 is 11.7 Å². The van der Waals surface area contributed by atoms with Crippen LogP contribution in [0.15, 0.2) is 18.2 Å². The van der Waals surface area contributed by atoms with Gasteiger partial charge in [0.25, 0.3) is 11.7 Å². The van der Waals surface area contributed by atoms with Crippen LogP contribution in [0.4, 0.5) is 5.69 Å². The number of carbonyl (C=O) groups excluding carboxylic acids is 2. The lowest BCUT2D eigenvalue weighted by Crippen LogP contribution is -2.32. The molecule has 0 unspecified atom stereocenters. The smallest absolute Gasteiger partial charge is 0.299 e. The maximum Gasteiger partial charge on any atom is 0.299 e. The summed E-state index contributed by atoms with van der Waals surface area (Å²) in [6.07, 6.45) is 1.91. The molecule has 1 aromatic carbocycles. The van der Waals surface area contributed by atoms with Gasteiger partial charge in [0.1, 0.15) is 0 Å². The molecule has 0 saturated heterocycles. The fourth-order valence-corrected chi connectivity index (χ4v) is 2.33. The summed E-state index contributed by atoms with van der Waals surface area (Å²) in [4.78, 5) is 25.3. The first kappa shape index (κ1) is 14.0. The van der Waals surface area contributed by atoms with Gasteiger partial charge in [-0.3, -0.25) is 9.59 Å². The number of fused-ring (bicyclic) bond motifs is 1. The van der Waals surface area contributed by atoms with E-state index in [4.69, 9.17) is 11.6 Å². The van der Waals surface area contributed by atoms with E-state index in [0.29, 0.717) is 22.8 Å². The number of nitrogens with zero attached hydrogens (tertiary/aromatic N) is 1. The highest BCUT2D eigenvalue weighted by atomic mass is 35.5. The van der Waals surface area contributed by atoms with E-state index in [2.05, 4.69) is 12.2 Å². The highest BCUT2D eigenvalue weighted by molar-refractivity contribution is 6.52. The van der Waals surface area contributed by atoms with Crippen LogP contribution in [0.3, 0.4) is 0 Å². The Morgan fingerprint density at radius 2 is 2.05 bits per heavy atom. The second kappa shape index (κ2) is 6.17. The highest BCUT2D eigenvalue weighted by Crippen LogP contribution is 2.31. The third-order valence-corrected chi connectivity index (χ3v) is 3.33. The van der Waals surface area contributed by atoms with Crippen LogP contribution in [0.2, 0.25) is 5.02 Å². The molecule has 19 heavy (non-hydrogen) atoms. The van der Waals surface area contributed by atoms with Crippen molar-refractivity contribution in [1.82, 2.24) is 5.32 Å². The van der Waals surface area contributed by atoms with E-state index in [1.165, 1.54) is 0 Å². The zero-order valence-corrected chi connectivity index (χ0v) is 11.7. The molecule has 1 N–H and O–H groups in total. The van der Waals surface area contributed by atoms with Gasteiger partial charge in [0.15, 0.2) is 0 Å². The molecule has 0 bridgehead atoms. The first-order chi connectivity index (χ1) is 9.15. The third kappa shape index (κ3) is 2.96. The minimum absolute atomic E-state index is 0.416. The van der Waals surface area contributed by atoms with Crippen molar-refractivity contribution >= 4 is 29.0 Å². The number of halogens is 1. The number of hydrogen-bond donors (Lipinski definition) is 1. The van der Waals surface area contributed by atoms with Crippen LogP contribution in [0.5, 0.6) is 0 Å². The number of rotatable bonds is 6. The van der Waals surface area contributed by atoms with E-state index in [1.54, 1.807) is 23.1 Å². The average molecular weight is 281 g/mol. The second-order valence-electron chi connectivity index (χ2n) is 4.55. The molecule has 5 heteroatoms. The molecule has 2 rings (SSSR count). The van der Waals surface area contributed by atoms with Gasteiger partial charge in [-0.25, -0.2) is 0 Å². The third-order valence-electron chi connectivity index (χ3n) is 3.10. The van der Waals surface area contributed by atoms with Crippen LogP contribution in [-0.4, -0.2) is 31.3 Å². The molecule has 1 heterocycles. The summed E-state index contributed by atoms with van der Waals surface area (Å²) >= 11 is 5.85. The maximum absolute atomic E-state index is 11.9. The SMILES string of the molecule is CCCNCCCN1C(=O)C(=O)c2cc(Cl)ccc21. The van der Waals surface area contributed by atoms with Crippen molar-refractivity contribution in [2.24, 2.45) is 0 Å². The Morgan fingerprint density at radius 1 is 1.26 bits per heavy atom. The van der Waals surface area contributed by atoms with Crippen LogP contribution in [0, 0.1) is 0 Å². The number of ketones is 1. The average Bonchev–Trinajstić information content (AvgIpc) is 2.63. The van der Waals surface area contributed by atoms with Crippen molar-refractivity contribution in [3.05, 3.63) is 28.8 Å². The molecular weight excluding hydrogens is 264 g/mol.